The molecule has 3 heteroatoms. The summed E-state index contributed by atoms with van der Waals surface area (Å²) in [6, 6.07) is 0.442. The highest BCUT2D eigenvalue weighted by molar-refractivity contribution is 5.20. The minimum atomic E-state index is 0.391. The molecule has 0 aliphatic heterocycles. The van der Waals surface area contributed by atoms with Gasteiger partial charge in [-0.3, -0.25) is 4.68 Å². The van der Waals surface area contributed by atoms with E-state index in [9.17, 15) is 0 Å². The average molecular weight is 251 g/mol. The zero-order valence-electron chi connectivity index (χ0n) is 12.9. The fraction of sp³-hybridized carbons (Fsp3) is 0.800. The third-order valence-electron chi connectivity index (χ3n) is 3.25. The van der Waals surface area contributed by atoms with Crippen molar-refractivity contribution >= 4 is 0 Å². The van der Waals surface area contributed by atoms with Gasteiger partial charge in [0.25, 0.3) is 0 Å². The lowest BCUT2D eigenvalue weighted by Crippen LogP contribution is -2.24. The number of aromatic nitrogens is 2. The average Bonchev–Trinajstić information content (AvgIpc) is 2.57. The van der Waals surface area contributed by atoms with Crippen molar-refractivity contribution in [2.45, 2.75) is 59.9 Å². The van der Waals surface area contributed by atoms with E-state index < -0.39 is 0 Å². The molecular weight excluding hydrogens is 222 g/mol. The van der Waals surface area contributed by atoms with E-state index in [0.717, 1.165) is 12.2 Å². The van der Waals surface area contributed by atoms with Crippen molar-refractivity contribution in [1.82, 2.24) is 15.1 Å². The van der Waals surface area contributed by atoms with E-state index in [1.165, 1.54) is 24.8 Å². The van der Waals surface area contributed by atoms with Gasteiger partial charge in [0.05, 0.1) is 5.69 Å². The molecule has 1 atom stereocenters. The first-order valence-corrected chi connectivity index (χ1v) is 7.07. The Labute approximate surface area is 112 Å². The summed E-state index contributed by atoms with van der Waals surface area (Å²) in [4.78, 5) is 0. The second-order valence-electron chi connectivity index (χ2n) is 6.45. The van der Waals surface area contributed by atoms with Crippen LogP contribution in [0.3, 0.4) is 0 Å². The fourth-order valence-corrected chi connectivity index (χ4v) is 2.22. The Kier molecular flexibility index (Phi) is 5.39. The van der Waals surface area contributed by atoms with E-state index in [-0.39, 0.29) is 0 Å². The van der Waals surface area contributed by atoms with Gasteiger partial charge in [-0.1, -0.05) is 27.7 Å². The minimum Gasteiger partial charge on any atom is -0.310 e. The third kappa shape index (κ3) is 4.81. The van der Waals surface area contributed by atoms with Gasteiger partial charge in [0.15, 0.2) is 0 Å². The summed E-state index contributed by atoms with van der Waals surface area (Å²) < 4.78 is 1.92. The second kappa shape index (κ2) is 6.37. The van der Waals surface area contributed by atoms with Crippen LogP contribution < -0.4 is 5.32 Å². The van der Waals surface area contributed by atoms with Crippen LogP contribution in [0.4, 0.5) is 0 Å². The van der Waals surface area contributed by atoms with E-state index in [4.69, 9.17) is 0 Å². The van der Waals surface area contributed by atoms with Crippen LogP contribution in [0.25, 0.3) is 0 Å². The van der Waals surface area contributed by atoms with Gasteiger partial charge in [-0.05, 0) is 38.1 Å². The molecule has 1 N–H and O–H groups in total. The highest BCUT2D eigenvalue weighted by Gasteiger charge is 2.19. The molecule has 0 amide bonds. The van der Waals surface area contributed by atoms with Crippen LogP contribution in [0.15, 0.2) is 6.20 Å². The summed E-state index contributed by atoms with van der Waals surface area (Å²) in [6.45, 7) is 12.3. The Bertz CT molecular complexity index is 360. The highest BCUT2D eigenvalue weighted by Crippen LogP contribution is 2.28. The molecular formula is C15H29N3. The van der Waals surface area contributed by atoms with Gasteiger partial charge in [-0.15, -0.1) is 0 Å². The molecule has 0 aliphatic carbocycles. The first-order valence-electron chi connectivity index (χ1n) is 7.07. The van der Waals surface area contributed by atoms with Crippen LogP contribution in [0.5, 0.6) is 0 Å². The molecule has 1 rings (SSSR count). The SMILES string of the molecule is CCCNC(CCC(C)(C)C)c1cn(C)nc1C. The molecule has 0 saturated heterocycles. The van der Waals surface area contributed by atoms with Gasteiger partial charge in [-0.25, -0.2) is 0 Å². The summed E-state index contributed by atoms with van der Waals surface area (Å²) in [6.07, 6.45) is 5.73. The van der Waals surface area contributed by atoms with Gasteiger partial charge in [0.2, 0.25) is 0 Å². The topological polar surface area (TPSA) is 29.9 Å². The molecule has 0 saturated carbocycles. The number of rotatable bonds is 6. The van der Waals surface area contributed by atoms with Crippen molar-refractivity contribution in [3.8, 4) is 0 Å². The van der Waals surface area contributed by atoms with E-state index in [0.29, 0.717) is 11.5 Å². The van der Waals surface area contributed by atoms with E-state index in [2.05, 4.69) is 51.2 Å². The van der Waals surface area contributed by atoms with E-state index >= 15 is 0 Å². The number of nitrogens with one attached hydrogen (secondary N) is 1. The van der Waals surface area contributed by atoms with Crippen molar-refractivity contribution in [2.24, 2.45) is 12.5 Å². The Morgan fingerprint density at radius 2 is 2.06 bits per heavy atom. The molecule has 0 radical (unpaired) electrons. The summed E-state index contributed by atoms with van der Waals surface area (Å²) in [5.41, 5.74) is 2.90. The van der Waals surface area contributed by atoms with Crippen LogP contribution >= 0.6 is 0 Å². The molecule has 1 heterocycles. The van der Waals surface area contributed by atoms with Crippen LogP contribution in [0.2, 0.25) is 0 Å². The van der Waals surface area contributed by atoms with Crippen molar-refractivity contribution in [2.75, 3.05) is 6.54 Å². The van der Waals surface area contributed by atoms with Crippen molar-refractivity contribution < 1.29 is 0 Å². The fourth-order valence-electron chi connectivity index (χ4n) is 2.22. The molecule has 1 aromatic rings. The largest absolute Gasteiger partial charge is 0.310 e. The predicted molar refractivity (Wildman–Crippen MR) is 77.7 cm³/mol. The lowest BCUT2D eigenvalue weighted by atomic mass is 9.87. The monoisotopic (exact) mass is 251 g/mol. The van der Waals surface area contributed by atoms with Crippen LogP contribution in [-0.4, -0.2) is 16.3 Å². The quantitative estimate of drug-likeness (QED) is 0.837. The molecule has 0 bridgehead atoms. The summed E-state index contributed by atoms with van der Waals surface area (Å²) >= 11 is 0. The predicted octanol–water partition coefficient (Wildman–Crippen LogP) is 3.60. The zero-order chi connectivity index (χ0) is 13.8. The third-order valence-corrected chi connectivity index (χ3v) is 3.25. The number of aryl methyl sites for hydroxylation is 2. The number of nitrogens with zero attached hydrogens (tertiary/aromatic N) is 2. The maximum absolute atomic E-state index is 4.46. The van der Waals surface area contributed by atoms with E-state index in [1.807, 2.05) is 11.7 Å². The van der Waals surface area contributed by atoms with Crippen LogP contribution in [0, 0.1) is 12.3 Å². The van der Waals surface area contributed by atoms with Crippen LogP contribution in [0.1, 0.15) is 64.3 Å². The lowest BCUT2D eigenvalue weighted by Gasteiger charge is -2.24. The molecule has 0 spiro atoms. The lowest BCUT2D eigenvalue weighted by molar-refractivity contribution is 0.331. The van der Waals surface area contributed by atoms with E-state index in [1.54, 1.807) is 0 Å². The number of hydrogen-bond acceptors (Lipinski definition) is 2. The first-order chi connectivity index (χ1) is 8.33. The second-order valence-corrected chi connectivity index (χ2v) is 6.45. The normalized spacial score (nSPS) is 13.9. The Morgan fingerprint density at radius 1 is 1.39 bits per heavy atom. The maximum Gasteiger partial charge on any atom is 0.0641 e. The smallest absolute Gasteiger partial charge is 0.0641 e. The molecule has 104 valence electrons. The van der Waals surface area contributed by atoms with Gasteiger partial charge < -0.3 is 5.32 Å². The Hall–Kier alpha value is -0.830. The molecule has 0 aliphatic rings. The molecule has 0 aromatic carbocycles. The molecule has 3 nitrogen and oxygen atoms in total. The van der Waals surface area contributed by atoms with Gasteiger partial charge in [0, 0.05) is 24.8 Å². The summed E-state index contributed by atoms with van der Waals surface area (Å²) in [5.74, 6) is 0. The molecule has 1 aromatic heterocycles. The molecule has 18 heavy (non-hydrogen) atoms. The first kappa shape index (κ1) is 15.2. The highest BCUT2D eigenvalue weighted by atomic mass is 15.3. The van der Waals surface area contributed by atoms with Gasteiger partial charge >= 0.3 is 0 Å². The van der Waals surface area contributed by atoms with Crippen LogP contribution in [-0.2, 0) is 7.05 Å². The van der Waals surface area contributed by atoms with Crippen molar-refractivity contribution in [1.29, 1.82) is 0 Å². The standard InChI is InChI=1S/C15H29N3/c1-7-10-16-14(8-9-15(3,4)5)13-11-18(6)17-12(13)2/h11,14,16H,7-10H2,1-6H3. The van der Waals surface area contributed by atoms with Crippen molar-refractivity contribution in [3.63, 3.8) is 0 Å². The molecule has 1 unspecified atom stereocenters. The zero-order valence-corrected chi connectivity index (χ0v) is 12.9. The Morgan fingerprint density at radius 3 is 2.50 bits per heavy atom. The minimum absolute atomic E-state index is 0.391. The summed E-state index contributed by atoms with van der Waals surface area (Å²) in [5, 5.41) is 8.12. The van der Waals surface area contributed by atoms with Gasteiger partial charge in [0.1, 0.15) is 0 Å². The maximum atomic E-state index is 4.46. The van der Waals surface area contributed by atoms with Crippen molar-refractivity contribution in [3.05, 3.63) is 17.5 Å². The molecule has 0 fully saturated rings. The summed E-state index contributed by atoms with van der Waals surface area (Å²) in [7, 11) is 2.00. The van der Waals surface area contributed by atoms with Gasteiger partial charge in [-0.2, -0.15) is 5.10 Å². The Balaban J connectivity index is 2.74. The number of hydrogen-bond donors (Lipinski definition) is 1.